The van der Waals surface area contributed by atoms with Gasteiger partial charge in [0.25, 0.3) is 5.91 Å². The predicted molar refractivity (Wildman–Crippen MR) is 88.0 cm³/mol. The number of aryl methyl sites for hydroxylation is 1. The summed E-state index contributed by atoms with van der Waals surface area (Å²) in [5.74, 6) is -1.10. The molecule has 1 aliphatic rings. The van der Waals surface area contributed by atoms with Gasteiger partial charge in [-0.05, 0) is 36.8 Å². The summed E-state index contributed by atoms with van der Waals surface area (Å²) in [6.07, 6.45) is -0.609. The minimum atomic E-state index is -4.58. The van der Waals surface area contributed by atoms with Crippen molar-refractivity contribution in [2.75, 3.05) is 13.2 Å². The lowest BCUT2D eigenvalue weighted by atomic mass is 9.87. The quantitative estimate of drug-likeness (QED) is 0.755. The number of carbonyl (C=O) groups is 3. The third-order valence-electron chi connectivity index (χ3n) is 4.00. The Bertz CT molecular complexity index is 688. The van der Waals surface area contributed by atoms with Gasteiger partial charge in [0.15, 0.2) is 6.61 Å². The van der Waals surface area contributed by atoms with E-state index in [0.717, 1.165) is 36.1 Å². The number of nitrogens with one attached hydrogen (secondary N) is 2. The molecule has 1 aliphatic carbocycles. The largest absolute Gasteiger partial charge is 0.451 e. The summed E-state index contributed by atoms with van der Waals surface area (Å²) in [6.45, 7) is -0.190. The predicted octanol–water partition coefficient (Wildman–Crippen LogP) is 2.81. The van der Waals surface area contributed by atoms with Crippen molar-refractivity contribution in [1.29, 1.82) is 0 Å². The summed E-state index contributed by atoms with van der Waals surface area (Å²) in [7, 11) is 0. The number of thiophene rings is 1. The average molecular weight is 392 g/mol. The zero-order valence-corrected chi connectivity index (χ0v) is 14.9. The number of ether oxygens (including phenoxy) is 1. The molecule has 3 amide bonds. The summed E-state index contributed by atoms with van der Waals surface area (Å²) >= 11 is 1.32. The molecule has 0 saturated heterocycles. The Morgan fingerprint density at radius 3 is 2.73 bits per heavy atom. The van der Waals surface area contributed by atoms with Crippen molar-refractivity contribution in [3.05, 3.63) is 21.4 Å². The molecule has 0 unspecified atom stereocenters. The van der Waals surface area contributed by atoms with Crippen molar-refractivity contribution < 1.29 is 32.3 Å². The van der Waals surface area contributed by atoms with Crippen LogP contribution in [0.2, 0.25) is 0 Å². The molecule has 0 fully saturated rings. The zero-order chi connectivity index (χ0) is 19.3. The number of hydrogen-bond donors (Lipinski definition) is 2. The van der Waals surface area contributed by atoms with Crippen molar-refractivity contribution in [3.63, 3.8) is 0 Å². The number of amides is 3. The monoisotopic (exact) mass is 392 g/mol. The molecule has 0 aliphatic heterocycles. The highest BCUT2D eigenvalue weighted by Gasteiger charge is 2.28. The Balaban J connectivity index is 1.79. The van der Waals surface area contributed by atoms with Gasteiger partial charge in [-0.2, -0.15) is 13.2 Å². The number of carbonyl (C=O) groups excluding carboxylic acids is 3. The Labute approximate surface area is 152 Å². The maximum atomic E-state index is 12.0. The van der Waals surface area contributed by atoms with Crippen molar-refractivity contribution in [3.8, 4) is 0 Å². The lowest BCUT2D eigenvalue weighted by Crippen LogP contribution is -2.44. The van der Waals surface area contributed by atoms with Gasteiger partial charge in [-0.15, -0.1) is 11.3 Å². The summed E-state index contributed by atoms with van der Waals surface area (Å²) in [5, 5.41) is 3.14. The highest BCUT2D eigenvalue weighted by Crippen LogP contribution is 2.33. The Morgan fingerprint density at radius 1 is 1.35 bits per heavy atom. The fourth-order valence-electron chi connectivity index (χ4n) is 2.64. The molecule has 1 aromatic rings. The molecule has 6 nitrogen and oxygen atoms in total. The average Bonchev–Trinajstić information content (AvgIpc) is 3.00. The third-order valence-corrected chi connectivity index (χ3v) is 5.22. The normalized spacial score (nSPS) is 16.5. The smallest absolute Gasteiger partial charge is 0.405 e. The third kappa shape index (κ3) is 6.01. The van der Waals surface area contributed by atoms with Gasteiger partial charge in [0.2, 0.25) is 0 Å². The van der Waals surface area contributed by atoms with Gasteiger partial charge in [0.05, 0.1) is 0 Å². The van der Waals surface area contributed by atoms with Crippen LogP contribution in [-0.4, -0.2) is 37.2 Å². The lowest BCUT2D eigenvalue weighted by molar-refractivity contribution is -0.125. The van der Waals surface area contributed by atoms with Gasteiger partial charge in [-0.1, -0.05) is 13.3 Å². The Kier molecular flexibility index (Phi) is 6.63. The SMILES string of the molecule is CC[C@H]1CCc2sc(C(=O)OCC(=O)NC(=O)NCC(F)(F)F)cc2C1. The number of fused-ring (bicyclic) bond motifs is 1. The van der Waals surface area contributed by atoms with Gasteiger partial charge in [-0.3, -0.25) is 10.1 Å². The Morgan fingerprint density at radius 2 is 2.08 bits per heavy atom. The molecule has 1 atom stereocenters. The van der Waals surface area contributed by atoms with E-state index in [0.29, 0.717) is 10.8 Å². The lowest BCUT2D eigenvalue weighted by Gasteiger charge is -2.19. The van der Waals surface area contributed by atoms with Gasteiger partial charge in [-0.25, -0.2) is 9.59 Å². The van der Waals surface area contributed by atoms with Crippen molar-refractivity contribution in [2.24, 2.45) is 5.92 Å². The number of esters is 1. The van der Waals surface area contributed by atoms with Crippen molar-refractivity contribution >= 4 is 29.2 Å². The van der Waals surface area contributed by atoms with Crippen LogP contribution < -0.4 is 10.6 Å². The number of alkyl halides is 3. The molecule has 0 spiro atoms. The van der Waals surface area contributed by atoms with Crippen LogP contribution >= 0.6 is 11.3 Å². The summed E-state index contributed by atoms with van der Waals surface area (Å²) in [5.41, 5.74) is 1.12. The van der Waals surface area contributed by atoms with Crippen LogP contribution in [0.3, 0.4) is 0 Å². The van der Waals surface area contributed by atoms with E-state index in [1.165, 1.54) is 16.7 Å². The number of urea groups is 1. The van der Waals surface area contributed by atoms with Crippen LogP contribution in [0.5, 0.6) is 0 Å². The molecule has 1 heterocycles. The van der Waals surface area contributed by atoms with Crippen molar-refractivity contribution in [2.45, 2.75) is 38.8 Å². The van der Waals surface area contributed by atoms with Gasteiger partial charge in [0.1, 0.15) is 11.4 Å². The first-order chi connectivity index (χ1) is 12.2. The zero-order valence-electron chi connectivity index (χ0n) is 14.1. The van der Waals surface area contributed by atoms with E-state index in [-0.39, 0.29) is 0 Å². The Hall–Kier alpha value is -2.10. The van der Waals surface area contributed by atoms with E-state index >= 15 is 0 Å². The second-order valence-corrected chi connectivity index (χ2v) is 7.14. The van der Waals surface area contributed by atoms with Crippen LogP contribution in [-0.2, 0) is 22.4 Å². The van der Waals surface area contributed by atoms with Crippen LogP contribution in [0.1, 0.15) is 39.9 Å². The maximum Gasteiger partial charge on any atom is 0.405 e. The van der Waals surface area contributed by atoms with Crippen molar-refractivity contribution in [1.82, 2.24) is 10.6 Å². The molecule has 26 heavy (non-hydrogen) atoms. The van der Waals surface area contributed by atoms with E-state index in [9.17, 15) is 27.6 Å². The molecule has 0 saturated carbocycles. The number of hydrogen-bond acceptors (Lipinski definition) is 5. The van der Waals surface area contributed by atoms with Crippen LogP contribution in [0.25, 0.3) is 0 Å². The van der Waals surface area contributed by atoms with Gasteiger partial charge < -0.3 is 10.1 Å². The second-order valence-electron chi connectivity index (χ2n) is 6.00. The fraction of sp³-hybridized carbons (Fsp3) is 0.562. The van der Waals surface area contributed by atoms with Gasteiger partial charge in [0, 0.05) is 4.88 Å². The van der Waals surface area contributed by atoms with E-state index in [1.807, 2.05) is 0 Å². The van der Waals surface area contributed by atoms with E-state index < -0.39 is 37.2 Å². The molecule has 0 bridgehead atoms. The fourth-order valence-corrected chi connectivity index (χ4v) is 3.74. The number of halogens is 3. The van der Waals surface area contributed by atoms with Gasteiger partial charge >= 0.3 is 18.2 Å². The molecule has 0 aromatic carbocycles. The molecule has 10 heteroatoms. The molecule has 144 valence electrons. The minimum absolute atomic E-state index is 0.376. The van der Waals surface area contributed by atoms with Crippen LogP contribution in [0.15, 0.2) is 6.07 Å². The summed E-state index contributed by atoms with van der Waals surface area (Å²) < 4.78 is 40.7. The van der Waals surface area contributed by atoms with Crippen LogP contribution in [0.4, 0.5) is 18.0 Å². The number of imide groups is 1. The molecular weight excluding hydrogens is 373 g/mol. The second kappa shape index (κ2) is 8.52. The molecule has 0 radical (unpaired) electrons. The van der Waals surface area contributed by atoms with E-state index in [1.54, 1.807) is 11.4 Å². The molecule has 2 rings (SSSR count). The molecule has 2 N–H and O–H groups in total. The number of rotatable bonds is 5. The maximum absolute atomic E-state index is 12.0. The molecular formula is C16H19F3N2O4S. The minimum Gasteiger partial charge on any atom is -0.451 e. The first-order valence-corrected chi connectivity index (χ1v) is 8.92. The van der Waals surface area contributed by atoms with E-state index in [2.05, 4.69) is 6.92 Å². The first kappa shape index (κ1) is 20.2. The summed E-state index contributed by atoms with van der Waals surface area (Å²) in [6, 6.07) is 0.457. The summed E-state index contributed by atoms with van der Waals surface area (Å²) in [4.78, 5) is 36.1. The topological polar surface area (TPSA) is 84.5 Å². The molecule has 1 aromatic heterocycles. The van der Waals surface area contributed by atoms with E-state index in [4.69, 9.17) is 4.74 Å². The first-order valence-electron chi connectivity index (χ1n) is 8.11. The highest BCUT2D eigenvalue weighted by atomic mass is 32.1. The standard InChI is InChI=1S/C16H19F3N2O4S/c1-2-9-3-4-11-10(5-9)6-12(26-11)14(23)25-7-13(22)21-15(24)20-8-16(17,18)19/h6,9H,2-5,7-8H2,1H3,(H2,20,21,22,24)/t9-/m0/s1. The van der Waals surface area contributed by atoms with Crippen LogP contribution in [0, 0.1) is 5.92 Å². The highest BCUT2D eigenvalue weighted by molar-refractivity contribution is 7.14.